The molecular weight excluding hydrogens is 563 g/mol. The Kier molecular flexibility index (Phi) is 7.06. The minimum absolute atomic E-state index is 0.142. The van der Waals surface area contributed by atoms with Crippen LogP contribution in [0, 0.1) is 17.7 Å². The lowest BCUT2D eigenvalue weighted by molar-refractivity contribution is -0.153. The number of hydrogen-bond acceptors (Lipinski definition) is 10. The van der Waals surface area contributed by atoms with Crippen molar-refractivity contribution in [3.63, 3.8) is 0 Å². The lowest BCUT2D eigenvalue weighted by Crippen LogP contribution is -2.65. The molecule has 3 aliphatic rings. The highest BCUT2D eigenvalue weighted by Gasteiger charge is 2.64. The molecular formula is C30H31FN4O8. The third kappa shape index (κ3) is 4.34. The molecule has 2 amide bonds. The number of benzene rings is 2. The summed E-state index contributed by atoms with van der Waals surface area (Å²) in [6.07, 6.45) is -0.387. The predicted molar refractivity (Wildman–Crippen MR) is 153 cm³/mol. The second-order valence-corrected chi connectivity index (χ2v) is 11.5. The van der Waals surface area contributed by atoms with Gasteiger partial charge in [0.15, 0.2) is 17.1 Å². The summed E-state index contributed by atoms with van der Waals surface area (Å²) >= 11 is 0. The number of hydrogen-bond donors (Lipinski definition) is 6. The lowest BCUT2D eigenvalue weighted by atomic mass is 9.57. The Bertz CT molecular complexity index is 1660. The molecule has 0 radical (unpaired) electrons. The number of likely N-dealkylation sites (N-methyl/N-ethyl adjacent to an activating group) is 1. The van der Waals surface area contributed by atoms with Gasteiger partial charge < -0.3 is 36.4 Å². The second kappa shape index (κ2) is 10.2. The minimum Gasteiger partial charge on any atom is -0.508 e. The first kappa shape index (κ1) is 29.7. The summed E-state index contributed by atoms with van der Waals surface area (Å²) in [5, 5.41) is 47.4. The van der Waals surface area contributed by atoms with Crippen LogP contribution in [-0.4, -0.2) is 88.5 Å². The lowest BCUT2D eigenvalue weighted by Gasteiger charge is -2.50. The largest absolute Gasteiger partial charge is 0.508 e. The summed E-state index contributed by atoms with van der Waals surface area (Å²) in [4.78, 5) is 55.3. The Labute approximate surface area is 245 Å². The number of carbonyl (C=O) groups is 4. The number of nitrogens with one attached hydrogen (secondary N) is 1. The maximum absolute atomic E-state index is 15.5. The maximum Gasteiger partial charge on any atom is 0.255 e. The molecule has 0 aliphatic heterocycles. The zero-order valence-corrected chi connectivity index (χ0v) is 23.8. The topological polar surface area (TPSA) is 194 Å². The monoisotopic (exact) mass is 594 g/mol. The number of phenolic OH excluding ortho intramolecular Hbond substituents is 1. The molecule has 1 fully saturated rings. The predicted octanol–water partition coefficient (Wildman–Crippen LogP) is 1.42. The Morgan fingerprint density at radius 2 is 1.70 bits per heavy atom. The molecule has 4 atom stereocenters. The smallest absolute Gasteiger partial charge is 0.255 e. The molecule has 226 valence electrons. The van der Waals surface area contributed by atoms with Crippen LogP contribution in [-0.2, 0) is 20.8 Å². The Morgan fingerprint density at radius 3 is 2.26 bits per heavy atom. The fourth-order valence-electron chi connectivity index (χ4n) is 6.47. The van der Waals surface area contributed by atoms with Crippen LogP contribution in [0.3, 0.4) is 0 Å². The molecule has 5 rings (SSSR count). The minimum atomic E-state index is -2.82. The van der Waals surface area contributed by atoms with Gasteiger partial charge in [0.1, 0.15) is 22.9 Å². The normalized spacial score (nSPS) is 24.9. The molecule has 12 nitrogen and oxygen atoms in total. The fraction of sp³-hybridized carbons (Fsp3) is 0.333. The standard InChI is InChI=1S/C30H31FN4O8/c1-34(2)14-7-5-12(6-8-14)29(42)33-18-11-17(31)15-9-13-10-16-22(35(3)4)25(38)21(28(32)41)27(40)30(16,43)26(39)19(13)24(37)20(15)23(18)36/h5-8,11,13,16,22,36-37,40,43H,9-10H2,1-4H3,(H2,32,41)(H,33,42)/t13-,16-,22-,30-/m0/s1. The van der Waals surface area contributed by atoms with Gasteiger partial charge in [-0.05, 0) is 57.1 Å². The van der Waals surface area contributed by atoms with E-state index in [1.807, 2.05) is 19.0 Å². The number of rotatable bonds is 5. The molecule has 0 saturated heterocycles. The number of fused-ring (bicyclic) bond motifs is 3. The van der Waals surface area contributed by atoms with E-state index < -0.39 is 86.7 Å². The summed E-state index contributed by atoms with van der Waals surface area (Å²) in [5.74, 6) is -10.0. The van der Waals surface area contributed by atoms with Crippen LogP contribution in [0.1, 0.15) is 27.9 Å². The van der Waals surface area contributed by atoms with E-state index in [1.165, 1.54) is 31.1 Å². The number of anilines is 2. The number of aromatic hydroxyl groups is 1. The van der Waals surface area contributed by atoms with Crippen molar-refractivity contribution < 1.29 is 44.0 Å². The van der Waals surface area contributed by atoms with Crippen LogP contribution in [0.4, 0.5) is 15.8 Å². The summed E-state index contributed by atoms with van der Waals surface area (Å²) in [6, 6.07) is 6.11. The number of phenols is 1. The molecule has 0 spiro atoms. The van der Waals surface area contributed by atoms with Gasteiger partial charge >= 0.3 is 0 Å². The number of aliphatic hydroxyl groups excluding tert-OH is 2. The average molecular weight is 595 g/mol. The number of primary amides is 1. The van der Waals surface area contributed by atoms with E-state index in [1.54, 1.807) is 12.1 Å². The number of halogens is 1. The van der Waals surface area contributed by atoms with Crippen LogP contribution in [0.15, 0.2) is 47.2 Å². The molecule has 2 aromatic rings. The number of aliphatic hydroxyl groups is 3. The van der Waals surface area contributed by atoms with Crippen molar-refractivity contribution in [2.24, 2.45) is 17.6 Å². The summed E-state index contributed by atoms with van der Waals surface area (Å²) in [6.45, 7) is 0. The summed E-state index contributed by atoms with van der Waals surface area (Å²) < 4.78 is 15.5. The van der Waals surface area contributed by atoms with Gasteiger partial charge in [0.25, 0.3) is 11.8 Å². The van der Waals surface area contributed by atoms with Crippen molar-refractivity contribution in [3.8, 4) is 5.75 Å². The number of nitrogens with zero attached hydrogens (tertiary/aromatic N) is 2. The van der Waals surface area contributed by atoms with Crippen LogP contribution in [0.25, 0.3) is 5.76 Å². The van der Waals surface area contributed by atoms with E-state index >= 15 is 4.39 Å². The molecule has 7 N–H and O–H groups in total. The third-order valence-electron chi connectivity index (χ3n) is 8.56. The second-order valence-electron chi connectivity index (χ2n) is 11.5. The number of amides is 2. The van der Waals surface area contributed by atoms with Gasteiger partial charge in [-0.25, -0.2) is 4.39 Å². The van der Waals surface area contributed by atoms with Crippen molar-refractivity contribution in [1.82, 2.24) is 4.90 Å². The number of nitrogens with two attached hydrogens (primary N) is 1. The number of Topliss-reactive ketones (excluding diaryl/α,β-unsaturated/α-hetero) is 2. The molecule has 13 heteroatoms. The molecule has 1 saturated carbocycles. The Morgan fingerprint density at radius 1 is 1.07 bits per heavy atom. The van der Waals surface area contributed by atoms with Gasteiger partial charge in [0.2, 0.25) is 5.78 Å². The van der Waals surface area contributed by atoms with Crippen molar-refractivity contribution in [1.29, 1.82) is 0 Å². The molecule has 3 aliphatic carbocycles. The fourth-order valence-corrected chi connectivity index (χ4v) is 6.47. The highest BCUT2D eigenvalue weighted by molar-refractivity contribution is 6.24. The van der Waals surface area contributed by atoms with Crippen molar-refractivity contribution in [2.75, 3.05) is 38.4 Å². The molecule has 2 aromatic carbocycles. The quantitative estimate of drug-likeness (QED) is 0.218. The summed E-state index contributed by atoms with van der Waals surface area (Å²) in [7, 11) is 6.62. The first-order valence-corrected chi connectivity index (χ1v) is 13.4. The van der Waals surface area contributed by atoms with E-state index in [9.17, 15) is 39.6 Å². The molecule has 0 unspecified atom stereocenters. The molecule has 0 heterocycles. The van der Waals surface area contributed by atoms with Gasteiger partial charge in [-0.2, -0.15) is 0 Å². The molecule has 43 heavy (non-hydrogen) atoms. The summed E-state index contributed by atoms with van der Waals surface area (Å²) in [5.41, 5.74) is 1.20. The highest BCUT2D eigenvalue weighted by Crippen LogP contribution is 2.53. The van der Waals surface area contributed by atoms with Crippen molar-refractivity contribution in [3.05, 3.63) is 69.7 Å². The van der Waals surface area contributed by atoms with E-state index in [0.29, 0.717) is 0 Å². The maximum atomic E-state index is 15.5. The molecule has 0 bridgehead atoms. The van der Waals surface area contributed by atoms with Crippen molar-refractivity contribution >= 4 is 40.5 Å². The van der Waals surface area contributed by atoms with Crippen LogP contribution < -0.4 is 16.0 Å². The molecule has 0 aromatic heterocycles. The van der Waals surface area contributed by atoms with Gasteiger partial charge in [-0.15, -0.1) is 0 Å². The zero-order chi connectivity index (χ0) is 31.7. The SMILES string of the molecule is CN(C)c1ccc(C(=O)Nc2cc(F)c3c(c2O)C(O)=C2C(=O)[C@]4(O)C(O)=C(C(N)=O)C(=O)[C@@H](N(C)C)[C@@H]4C[C@@H]2C3)cc1. The first-order valence-electron chi connectivity index (χ1n) is 13.4. The number of ketones is 2. The van der Waals surface area contributed by atoms with E-state index in [4.69, 9.17) is 5.73 Å². The number of carbonyl (C=O) groups excluding carboxylic acids is 4. The van der Waals surface area contributed by atoms with Gasteiger partial charge in [0.05, 0.1) is 17.3 Å². The first-order chi connectivity index (χ1) is 20.1. The van der Waals surface area contributed by atoms with Gasteiger partial charge in [0, 0.05) is 48.5 Å². The van der Waals surface area contributed by atoms with Crippen LogP contribution >= 0.6 is 0 Å². The highest BCUT2D eigenvalue weighted by atomic mass is 19.1. The Balaban J connectivity index is 1.60. The zero-order valence-electron chi connectivity index (χ0n) is 23.8. The van der Waals surface area contributed by atoms with E-state index in [2.05, 4.69) is 5.32 Å². The Hall–Kier alpha value is -4.75. The third-order valence-corrected chi connectivity index (χ3v) is 8.56. The average Bonchev–Trinajstić information content (AvgIpc) is 2.93. The van der Waals surface area contributed by atoms with Gasteiger partial charge in [-0.3, -0.25) is 24.1 Å². The van der Waals surface area contributed by atoms with Crippen molar-refractivity contribution in [2.45, 2.75) is 24.5 Å². The van der Waals surface area contributed by atoms with E-state index in [0.717, 1.165) is 11.8 Å². The van der Waals surface area contributed by atoms with Crippen LogP contribution in [0.2, 0.25) is 0 Å². The van der Waals surface area contributed by atoms with Gasteiger partial charge in [-0.1, -0.05) is 0 Å². The van der Waals surface area contributed by atoms with E-state index in [-0.39, 0.29) is 29.7 Å². The van der Waals surface area contributed by atoms with Crippen LogP contribution in [0.5, 0.6) is 5.75 Å².